The van der Waals surface area contributed by atoms with Gasteiger partial charge in [0.2, 0.25) is 0 Å². The quantitative estimate of drug-likeness (QED) is 0.597. The van der Waals surface area contributed by atoms with Crippen LogP contribution >= 0.6 is 11.6 Å². The van der Waals surface area contributed by atoms with Crippen molar-refractivity contribution in [2.75, 3.05) is 18.8 Å². The number of nitrogens with two attached hydrogens (primary N) is 1. The Morgan fingerprint density at radius 1 is 1.29 bits per heavy atom. The Kier molecular flexibility index (Phi) is 2.75. The molecular formula is C11H13ClN2. The molecule has 1 aliphatic heterocycles. The molecule has 0 fully saturated rings. The predicted octanol–water partition coefficient (Wildman–Crippen LogP) is 2.29. The van der Waals surface area contributed by atoms with Crippen molar-refractivity contribution in [2.45, 2.75) is 6.54 Å². The van der Waals surface area contributed by atoms with Crippen LogP contribution in [0.3, 0.4) is 0 Å². The largest absolute Gasteiger partial charge is 0.398 e. The summed E-state index contributed by atoms with van der Waals surface area (Å²) in [5, 5.41) is 0.761. The van der Waals surface area contributed by atoms with Crippen molar-refractivity contribution in [1.29, 1.82) is 0 Å². The molecule has 0 aliphatic carbocycles. The molecule has 2 N–H and O–H groups in total. The number of rotatable bonds is 2. The van der Waals surface area contributed by atoms with Crippen molar-refractivity contribution in [3.05, 3.63) is 40.9 Å². The molecule has 0 spiro atoms. The van der Waals surface area contributed by atoms with Gasteiger partial charge in [-0.25, -0.2) is 0 Å². The molecule has 2 rings (SSSR count). The molecule has 0 atom stereocenters. The third-order valence-electron chi connectivity index (χ3n) is 2.43. The van der Waals surface area contributed by atoms with E-state index in [0.717, 1.165) is 35.9 Å². The Labute approximate surface area is 89.0 Å². The van der Waals surface area contributed by atoms with Gasteiger partial charge >= 0.3 is 0 Å². The highest BCUT2D eigenvalue weighted by atomic mass is 35.5. The standard InChI is InChI=1S/C11H13ClN2/c12-10-4-3-5-11(13)9(10)8-14-6-1-2-7-14/h1-5H,6-8,13H2. The molecular weight excluding hydrogens is 196 g/mol. The summed E-state index contributed by atoms with van der Waals surface area (Å²) in [7, 11) is 0. The van der Waals surface area contributed by atoms with E-state index in [9.17, 15) is 0 Å². The molecule has 0 saturated carbocycles. The van der Waals surface area contributed by atoms with Gasteiger partial charge in [0, 0.05) is 35.9 Å². The van der Waals surface area contributed by atoms with E-state index in [1.807, 2.05) is 18.2 Å². The van der Waals surface area contributed by atoms with Crippen molar-refractivity contribution in [3.8, 4) is 0 Å². The average molecular weight is 209 g/mol. The van der Waals surface area contributed by atoms with Gasteiger partial charge < -0.3 is 5.73 Å². The maximum atomic E-state index is 6.08. The fourth-order valence-corrected chi connectivity index (χ4v) is 1.86. The molecule has 0 amide bonds. The topological polar surface area (TPSA) is 29.3 Å². The van der Waals surface area contributed by atoms with Crippen LogP contribution in [-0.4, -0.2) is 18.0 Å². The third-order valence-corrected chi connectivity index (χ3v) is 2.78. The molecule has 2 nitrogen and oxygen atoms in total. The maximum absolute atomic E-state index is 6.08. The van der Waals surface area contributed by atoms with Gasteiger partial charge in [0.15, 0.2) is 0 Å². The van der Waals surface area contributed by atoms with Gasteiger partial charge in [-0.3, -0.25) is 4.90 Å². The number of halogens is 1. The maximum Gasteiger partial charge on any atom is 0.0471 e. The summed E-state index contributed by atoms with van der Waals surface area (Å²) in [6, 6.07) is 5.66. The van der Waals surface area contributed by atoms with Crippen LogP contribution in [0.2, 0.25) is 5.02 Å². The highest BCUT2D eigenvalue weighted by molar-refractivity contribution is 6.31. The van der Waals surface area contributed by atoms with E-state index >= 15 is 0 Å². The van der Waals surface area contributed by atoms with Crippen LogP contribution < -0.4 is 5.73 Å². The molecule has 0 saturated heterocycles. The summed E-state index contributed by atoms with van der Waals surface area (Å²) < 4.78 is 0. The molecule has 0 aromatic heterocycles. The lowest BCUT2D eigenvalue weighted by Crippen LogP contribution is -2.20. The smallest absolute Gasteiger partial charge is 0.0471 e. The second kappa shape index (κ2) is 4.03. The molecule has 1 aromatic carbocycles. The van der Waals surface area contributed by atoms with Gasteiger partial charge in [-0.1, -0.05) is 29.8 Å². The molecule has 74 valence electrons. The Hall–Kier alpha value is -0.990. The van der Waals surface area contributed by atoms with Crippen molar-refractivity contribution in [2.24, 2.45) is 0 Å². The van der Waals surface area contributed by atoms with Crippen molar-refractivity contribution in [1.82, 2.24) is 4.90 Å². The van der Waals surface area contributed by atoms with Gasteiger partial charge in [0.25, 0.3) is 0 Å². The van der Waals surface area contributed by atoms with E-state index in [1.54, 1.807) is 0 Å². The van der Waals surface area contributed by atoms with Gasteiger partial charge in [0.1, 0.15) is 0 Å². The van der Waals surface area contributed by atoms with Crippen LogP contribution in [0.4, 0.5) is 5.69 Å². The Bertz CT molecular complexity index is 332. The van der Waals surface area contributed by atoms with E-state index in [2.05, 4.69) is 17.1 Å². The highest BCUT2D eigenvalue weighted by Crippen LogP contribution is 2.23. The highest BCUT2D eigenvalue weighted by Gasteiger charge is 2.11. The van der Waals surface area contributed by atoms with Crippen LogP contribution in [0.1, 0.15) is 5.56 Å². The van der Waals surface area contributed by atoms with E-state index in [-0.39, 0.29) is 0 Å². The molecule has 0 radical (unpaired) electrons. The fraction of sp³-hybridized carbons (Fsp3) is 0.273. The first-order valence-electron chi connectivity index (χ1n) is 4.67. The first-order chi connectivity index (χ1) is 6.77. The summed E-state index contributed by atoms with van der Waals surface area (Å²) in [6.07, 6.45) is 4.32. The van der Waals surface area contributed by atoms with Crippen LogP contribution in [0.5, 0.6) is 0 Å². The zero-order valence-corrected chi connectivity index (χ0v) is 8.67. The SMILES string of the molecule is Nc1cccc(Cl)c1CN1CC=CC1. The van der Waals surface area contributed by atoms with E-state index in [4.69, 9.17) is 17.3 Å². The first-order valence-corrected chi connectivity index (χ1v) is 5.05. The lowest BCUT2D eigenvalue weighted by molar-refractivity contribution is 0.346. The lowest BCUT2D eigenvalue weighted by atomic mass is 10.1. The number of nitrogen functional groups attached to an aromatic ring is 1. The minimum absolute atomic E-state index is 0.761. The van der Waals surface area contributed by atoms with Crippen LogP contribution in [0.25, 0.3) is 0 Å². The Morgan fingerprint density at radius 3 is 2.64 bits per heavy atom. The Morgan fingerprint density at radius 2 is 2.00 bits per heavy atom. The molecule has 14 heavy (non-hydrogen) atoms. The normalized spacial score (nSPS) is 16.4. The number of hydrogen-bond donors (Lipinski definition) is 1. The summed E-state index contributed by atoms with van der Waals surface area (Å²) in [6.45, 7) is 2.81. The fourth-order valence-electron chi connectivity index (χ4n) is 1.62. The van der Waals surface area contributed by atoms with Gasteiger partial charge in [-0.2, -0.15) is 0 Å². The van der Waals surface area contributed by atoms with Gasteiger partial charge in [-0.15, -0.1) is 0 Å². The molecule has 1 heterocycles. The van der Waals surface area contributed by atoms with Gasteiger partial charge in [0.05, 0.1) is 0 Å². The summed E-state index contributed by atoms with van der Waals surface area (Å²) in [4.78, 5) is 2.29. The summed E-state index contributed by atoms with van der Waals surface area (Å²) in [5.41, 5.74) is 7.69. The monoisotopic (exact) mass is 208 g/mol. The van der Waals surface area contributed by atoms with Crippen molar-refractivity contribution < 1.29 is 0 Å². The summed E-state index contributed by atoms with van der Waals surface area (Å²) >= 11 is 6.08. The van der Waals surface area contributed by atoms with Crippen molar-refractivity contribution >= 4 is 17.3 Å². The Balaban J connectivity index is 2.15. The number of anilines is 1. The van der Waals surface area contributed by atoms with E-state index in [1.165, 1.54) is 0 Å². The van der Waals surface area contributed by atoms with Crippen LogP contribution in [0.15, 0.2) is 30.4 Å². The molecule has 1 aromatic rings. The number of benzene rings is 1. The molecule has 0 unspecified atom stereocenters. The lowest BCUT2D eigenvalue weighted by Gasteiger charge is -2.17. The van der Waals surface area contributed by atoms with Crippen LogP contribution in [-0.2, 0) is 6.54 Å². The second-order valence-electron chi connectivity index (χ2n) is 3.47. The second-order valence-corrected chi connectivity index (χ2v) is 3.88. The minimum atomic E-state index is 0.761. The predicted molar refractivity (Wildman–Crippen MR) is 60.3 cm³/mol. The third kappa shape index (κ3) is 1.91. The average Bonchev–Trinajstić information content (AvgIpc) is 2.64. The summed E-state index contributed by atoms with van der Waals surface area (Å²) in [5.74, 6) is 0. The molecule has 1 aliphatic rings. The molecule has 0 bridgehead atoms. The number of nitrogens with zero attached hydrogens (tertiary/aromatic N) is 1. The van der Waals surface area contributed by atoms with Gasteiger partial charge in [-0.05, 0) is 12.1 Å². The van der Waals surface area contributed by atoms with E-state index in [0.29, 0.717) is 0 Å². The van der Waals surface area contributed by atoms with Crippen molar-refractivity contribution in [3.63, 3.8) is 0 Å². The zero-order chi connectivity index (χ0) is 9.97. The first kappa shape index (κ1) is 9.56. The van der Waals surface area contributed by atoms with Crippen LogP contribution in [0, 0.1) is 0 Å². The van der Waals surface area contributed by atoms with E-state index < -0.39 is 0 Å². The zero-order valence-electron chi connectivity index (χ0n) is 7.91. The number of hydrogen-bond acceptors (Lipinski definition) is 2. The minimum Gasteiger partial charge on any atom is -0.398 e. The molecule has 3 heteroatoms.